The van der Waals surface area contributed by atoms with Crippen molar-refractivity contribution in [3.63, 3.8) is 0 Å². The van der Waals surface area contributed by atoms with E-state index in [2.05, 4.69) is 0 Å². The number of benzene rings is 2. The molecule has 0 spiro atoms. The molecule has 26 heavy (non-hydrogen) atoms. The zero-order chi connectivity index (χ0) is 19.5. The lowest BCUT2D eigenvalue weighted by molar-refractivity contribution is 0.0686. The predicted octanol–water partition coefficient (Wildman–Crippen LogP) is 3.45. The second kappa shape index (κ2) is 7.61. The summed E-state index contributed by atoms with van der Waals surface area (Å²) >= 11 is 0. The summed E-state index contributed by atoms with van der Waals surface area (Å²) in [5.74, 6) is -4.74. The molecule has 2 rings (SSSR count). The first kappa shape index (κ1) is 19.5. The molecule has 0 fully saturated rings. The van der Waals surface area contributed by atoms with E-state index in [1.165, 1.54) is 24.3 Å². The van der Waals surface area contributed by atoms with E-state index in [-0.39, 0.29) is 10.7 Å². The van der Waals surface area contributed by atoms with Crippen LogP contribution in [0.3, 0.4) is 0 Å². The summed E-state index contributed by atoms with van der Waals surface area (Å²) in [5.41, 5.74) is -1.28. The van der Waals surface area contributed by atoms with Crippen molar-refractivity contribution < 1.29 is 31.9 Å². The number of rotatable bonds is 7. The second-order valence-electron chi connectivity index (χ2n) is 5.42. The average molecular weight is 383 g/mol. The van der Waals surface area contributed by atoms with Gasteiger partial charge in [0.2, 0.25) is 0 Å². The monoisotopic (exact) mass is 383 g/mol. The number of carboxylic acids is 1. The Morgan fingerprint density at radius 2 is 1.62 bits per heavy atom. The molecule has 0 bridgehead atoms. The van der Waals surface area contributed by atoms with Crippen LogP contribution >= 0.6 is 0 Å². The van der Waals surface area contributed by atoms with Gasteiger partial charge in [0.25, 0.3) is 10.0 Å². The fourth-order valence-corrected chi connectivity index (χ4v) is 3.28. The Hall–Kier alpha value is -2.81. The lowest BCUT2D eigenvalue weighted by atomic mass is 10.1. The van der Waals surface area contributed by atoms with Crippen molar-refractivity contribution in [2.75, 3.05) is 4.72 Å². The predicted molar refractivity (Wildman–Crippen MR) is 89.8 cm³/mol. The molecule has 0 saturated carbocycles. The van der Waals surface area contributed by atoms with Gasteiger partial charge in [-0.05, 0) is 30.7 Å². The van der Waals surface area contributed by atoms with Crippen molar-refractivity contribution in [2.24, 2.45) is 0 Å². The summed E-state index contributed by atoms with van der Waals surface area (Å²) in [5, 5.41) is 8.71. The van der Waals surface area contributed by atoms with Gasteiger partial charge in [-0.1, -0.05) is 19.1 Å². The van der Waals surface area contributed by atoms with Gasteiger partial charge in [0.05, 0.1) is 10.6 Å². The van der Waals surface area contributed by atoms with Crippen LogP contribution in [0.25, 0.3) is 0 Å². The maximum absolute atomic E-state index is 13.7. The lowest BCUT2D eigenvalue weighted by Crippen LogP contribution is -2.14. The number of hydrogen-bond acceptors (Lipinski definition) is 4. The highest BCUT2D eigenvalue weighted by Gasteiger charge is 2.21. The minimum absolute atomic E-state index is 0.127. The highest BCUT2D eigenvalue weighted by molar-refractivity contribution is 7.92. The summed E-state index contributed by atoms with van der Waals surface area (Å²) in [4.78, 5) is 22.3. The fraction of sp³-hybridized carbons (Fsp3) is 0.176. The first-order valence-electron chi connectivity index (χ1n) is 7.54. The van der Waals surface area contributed by atoms with E-state index in [4.69, 9.17) is 5.11 Å². The molecule has 9 heteroatoms. The number of halogens is 2. The van der Waals surface area contributed by atoms with E-state index >= 15 is 0 Å². The van der Waals surface area contributed by atoms with Crippen LogP contribution in [0.2, 0.25) is 0 Å². The molecule has 0 unspecified atom stereocenters. The smallest absolute Gasteiger partial charge is 0.341 e. The molecule has 0 atom stereocenters. The van der Waals surface area contributed by atoms with Crippen LogP contribution in [-0.2, 0) is 10.0 Å². The normalized spacial score (nSPS) is 11.2. The Morgan fingerprint density at radius 1 is 1.08 bits per heavy atom. The topological polar surface area (TPSA) is 101 Å². The molecule has 0 aromatic heterocycles. The molecule has 0 aliphatic heterocycles. The molecular weight excluding hydrogens is 368 g/mol. The van der Waals surface area contributed by atoms with Crippen molar-refractivity contribution in [1.82, 2.24) is 0 Å². The van der Waals surface area contributed by atoms with Crippen LogP contribution < -0.4 is 4.72 Å². The Labute approximate surface area is 148 Å². The van der Waals surface area contributed by atoms with Crippen molar-refractivity contribution in [3.8, 4) is 0 Å². The number of hydrogen-bond donors (Lipinski definition) is 2. The van der Waals surface area contributed by atoms with Crippen LogP contribution in [-0.4, -0.2) is 25.3 Å². The van der Waals surface area contributed by atoms with Gasteiger partial charge in [0, 0.05) is 12.0 Å². The molecule has 0 aliphatic carbocycles. The first-order valence-corrected chi connectivity index (χ1v) is 9.02. The van der Waals surface area contributed by atoms with Crippen molar-refractivity contribution in [1.29, 1.82) is 0 Å². The van der Waals surface area contributed by atoms with Crippen LogP contribution in [0.15, 0.2) is 41.3 Å². The molecule has 2 aromatic rings. The molecule has 0 amide bonds. The molecule has 138 valence electrons. The van der Waals surface area contributed by atoms with E-state index in [9.17, 15) is 26.8 Å². The number of ketones is 1. The molecule has 2 aromatic carbocycles. The second-order valence-corrected chi connectivity index (χ2v) is 7.11. The van der Waals surface area contributed by atoms with Crippen molar-refractivity contribution >= 4 is 27.5 Å². The number of aromatic carboxylic acids is 1. The maximum atomic E-state index is 13.7. The fourth-order valence-electron chi connectivity index (χ4n) is 2.24. The van der Waals surface area contributed by atoms with Gasteiger partial charge in [-0.2, -0.15) is 0 Å². The molecule has 0 heterocycles. The summed E-state index contributed by atoms with van der Waals surface area (Å²) < 4.78 is 53.9. The summed E-state index contributed by atoms with van der Waals surface area (Å²) in [6.07, 6.45) is 0.989. The number of nitrogens with one attached hydrogen (secondary N) is 1. The first-order chi connectivity index (χ1) is 12.2. The number of carbonyl (C=O) groups is 2. The third-order valence-electron chi connectivity index (χ3n) is 3.47. The van der Waals surface area contributed by atoms with Gasteiger partial charge in [-0.25, -0.2) is 22.0 Å². The average Bonchev–Trinajstić information content (AvgIpc) is 2.53. The minimum Gasteiger partial charge on any atom is -0.477 e. The quantitative estimate of drug-likeness (QED) is 0.714. The number of carboxylic acid groups (broad SMARTS) is 1. The van der Waals surface area contributed by atoms with Gasteiger partial charge in [-0.3, -0.25) is 9.52 Å². The Bertz CT molecular complexity index is 933. The van der Waals surface area contributed by atoms with E-state index < -0.39 is 38.9 Å². The standard InChI is InChI=1S/C17H15F2NO5S/c1-2-3-15(21)10-4-6-12(7-5-10)26(24,25)20-11-8-13(18)16(17(22)23)14(19)9-11/h4-9,20H,2-3H2,1H3,(H,22,23). The molecule has 6 nitrogen and oxygen atoms in total. The number of carbonyl (C=O) groups excluding carboxylic acids is 1. The van der Waals surface area contributed by atoms with Crippen LogP contribution in [0.5, 0.6) is 0 Å². The number of anilines is 1. The van der Waals surface area contributed by atoms with Gasteiger partial charge in [0.15, 0.2) is 5.78 Å². The molecular formula is C17H15F2NO5S. The van der Waals surface area contributed by atoms with E-state index in [0.29, 0.717) is 30.5 Å². The molecule has 0 saturated heterocycles. The minimum atomic E-state index is -4.18. The molecule has 0 aliphatic rings. The number of Topliss-reactive ketones (excluding diaryl/α,β-unsaturated/α-hetero) is 1. The molecule has 0 radical (unpaired) electrons. The Balaban J connectivity index is 2.29. The molecule has 2 N–H and O–H groups in total. The van der Waals surface area contributed by atoms with Gasteiger partial charge in [0.1, 0.15) is 17.2 Å². The number of sulfonamides is 1. The maximum Gasteiger partial charge on any atom is 0.341 e. The van der Waals surface area contributed by atoms with Crippen LogP contribution in [0, 0.1) is 11.6 Å². The SMILES string of the molecule is CCCC(=O)c1ccc(S(=O)(=O)Nc2cc(F)c(C(=O)O)c(F)c2)cc1. The highest BCUT2D eigenvalue weighted by Crippen LogP contribution is 2.22. The van der Waals surface area contributed by atoms with Crippen LogP contribution in [0.4, 0.5) is 14.5 Å². The van der Waals surface area contributed by atoms with Gasteiger partial charge >= 0.3 is 5.97 Å². The highest BCUT2D eigenvalue weighted by atomic mass is 32.2. The summed E-state index contributed by atoms with van der Waals surface area (Å²) in [7, 11) is -4.18. The zero-order valence-corrected chi connectivity index (χ0v) is 14.4. The van der Waals surface area contributed by atoms with Gasteiger partial charge in [-0.15, -0.1) is 0 Å². The Morgan fingerprint density at radius 3 is 2.08 bits per heavy atom. The van der Waals surface area contributed by atoms with E-state index in [1.807, 2.05) is 11.6 Å². The lowest BCUT2D eigenvalue weighted by Gasteiger charge is -2.10. The summed E-state index contributed by atoms with van der Waals surface area (Å²) in [6, 6.07) is 6.24. The van der Waals surface area contributed by atoms with Crippen molar-refractivity contribution in [2.45, 2.75) is 24.7 Å². The third-order valence-corrected chi connectivity index (χ3v) is 4.87. The summed E-state index contributed by atoms with van der Waals surface area (Å²) in [6.45, 7) is 1.84. The van der Waals surface area contributed by atoms with E-state index in [0.717, 1.165) is 0 Å². The third kappa shape index (κ3) is 4.23. The van der Waals surface area contributed by atoms with Crippen molar-refractivity contribution in [3.05, 3.63) is 59.2 Å². The van der Waals surface area contributed by atoms with E-state index in [1.54, 1.807) is 0 Å². The zero-order valence-electron chi connectivity index (χ0n) is 13.6. The van der Waals surface area contributed by atoms with Crippen LogP contribution in [0.1, 0.15) is 40.5 Å². The Kier molecular flexibility index (Phi) is 5.71. The van der Waals surface area contributed by atoms with Gasteiger partial charge < -0.3 is 5.11 Å². The largest absolute Gasteiger partial charge is 0.477 e.